The molecular weight excluding hydrogens is 220 g/mol. The smallest absolute Gasteiger partial charge is 0.326 e. The maximum Gasteiger partial charge on any atom is 0.326 e. The van der Waals surface area contributed by atoms with Gasteiger partial charge in [-0.3, -0.25) is 0 Å². The van der Waals surface area contributed by atoms with E-state index in [4.69, 9.17) is 16.6 Å². The Labute approximate surface area is 99.3 Å². The van der Waals surface area contributed by atoms with E-state index in [2.05, 4.69) is 10.3 Å². The molecule has 6 N–H and O–H groups in total. The van der Waals surface area contributed by atoms with Crippen molar-refractivity contribution in [1.29, 1.82) is 0 Å². The van der Waals surface area contributed by atoms with E-state index in [9.17, 15) is 4.79 Å². The highest BCUT2D eigenvalue weighted by atomic mass is 16.4. The summed E-state index contributed by atoms with van der Waals surface area (Å²) in [6, 6.07) is 6.28. The number of anilines is 1. The van der Waals surface area contributed by atoms with E-state index in [1.165, 1.54) is 0 Å². The maximum absolute atomic E-state index is 10.8. The van der Waals surface area contributed by atoms with Crippen molar-refractivity contribution in [3.8, 4) is 0 Å². The fraction of sp³-hybridized carbons (Fsp3) is 0.273. The molecule has 1 aromatic rings. The Balaban J connectivity index is 2.74. The van der Waals surface area contributed by atoms with Gasteiger partial charge in [0.05, 0.1) is 5.69 Å². The molecule has 0 aliphatic rings. The lowest BCUT2D eigenvalue weighted by molar-refractivity contribution is -0.137. The zero-order valence-corrected chi connectivity index (χ0v) is 9.55. The van der Waals surface area contributed by atoms with Gasteiger partial charge in [0.25, 0.3) is 0 Å². The number of aliphatic imine (C=N–C) groups is 1. The van der Waals surface area contributed by atoms with Gasteiger partial charge in [0.15, 0.2) is 5.96 Å². The van der Waals surface area contributed by atoms with Crippen LogP contribution in [0.2, 0.25) is 0 Å². The van der Waals surface area contributed by atoms with Crippen LogP contribution in [0.25, 0.3) is 0 Å². The molecule has 0 bridgehead atoms. The molecule has 0 aliphatic heterocycles. The zero-order valence-electron chi connectivity index (χ0n) is 9.55. The number of nitrogens with zero attached hydrogens (tertiary/aromatic N) is 1. The first kappa shape index (κ1) is 12.8. The second-order valence-corrected chi connectivity index (χ2v) is 3.53. The maximum atomic E-state index is 10.8. The van der Waals surface area contributed by atoms with Crippen LogP contribution in [0.4, 0.5) is 11.4 Å². The highest BCUT2D eigenvalue weighted by Gasteiger charge is 2.13. The first-order valence-corrected chi connectivity index (χ1v) is 5.22. The summed E-state index contributed by atoms with van der Waals surface area (Å²) >= 11 is 0. The van der Waals surface area contributed by atoms with Gasteiger partial charge in [0.2, 0.25) is 0 Å². The molecule has 1 aromatic carbocycles. The second kappa shape index (κ2) is 5.74. The summed E-state index contributed by atoms with van der Waals surface area (Å²) in [7, 11) is 0. The zero-order chi connectivity index (χ0) is 12.8. The van der Waals surface area contributed by atoms with Gasteiger partial charge in [0, 0.05) is 5.69 Å². The molecule has 0 unspecified atom stereocenters. The van der Waals surface area contributed by atoms with Gasteiger partial charge in [-0.05, 0) is 30.7 Å². The number of hydrogen-bond donors (Lipinski definition) is 4. The minimum Gasteiger partial charge on any atom is -0.480 e. The Bertz CT molecular complexity index is 410. The first-order valence-electron chi connectivity index (χ1n) is 5.22. The summed E-state index contributed by atoms with van der Waals surface area (Å²) in [6.07, 6.45) is 0.505. The average molecular weight is 236 g/mol. The van der Waals surface area contributed by atoms with Crippen LogP contribution in [-0.2, 0) is 4.79 Å². The van der Waals surface area contributed by atoms with Crippen molar-refractivity contribution in [3.63, 3.8) is 0 Å². The Hall–Kier alpha value is -2.24. The van der Waals surface area contributed by atoms with Crippen LogP contribution in [0, 0.1) is 0 Å². The van der Waals surface area contributed by atoms with Gasteiger partial charge >= 0.3 is 5.97 Å². The lowest BCUT2D eigenvalue weighted by atomic mass is 10.2. The van der Waals surface area contributed by atoms with E-state index in [-0.39, 0.29) is 5.96 Å². The molecule has 0 heterocycles. The van der Waals surface area contributed by atoms with Crippen LogP contribution < -0.4 is 16.8 Å². The topological polar surface area (TPSA) is 114 Å². The number of nitrogens with two attached hydrogens (primary N) is 2. The van der Waals surface area contributed by atoms with Crippen LogP contribution in [0.1, 0.15) is 13.3 Å². The highest BCUT2D eigenvalue weighted by Crippen LogP contribution is 2.17. The number of benzene rings is 1. The number of guanidine groups is 1. The molecule has 0 aromatic heterocycles. The van der Waals surface area contributed by atoms with Crippen LogP contribution in [0.3, 0.4) is 0 Å². The van der Waals surface area contributed by atoms with E-state index in [0.717, 1.165) is 0 Å². The van der Waals surface area contributed by atoms with Gasteiger partial charge in [-0.2, -0.15) is 0 Å². The molecule has 1 rings (SSSR count). The van der Waals surface area contributed by atoms with Crippen LogP contribution in [0.15, 0.2) is 29.3 Å². The number of nitrogens with one attached hydrogen (secondary N) is 1. The molecule has 1 atom stereocenters. The molecular formula is C11H16N4O2. The third-order valence-corrected chi connectivity index (χ3v) is 2.17. The molecule has 0 spiro atoms. The second-order valence-electron chi connectivity index (χ2n) is 3.53. The quantitative estimate of drug-likeness (QED) is 0.447. The Morgan fingerprint density at radius 3 is 2.41 bits per heavy atom. The lowest BCUT2D eigenvalue weighted by Gasteiger charge is -2.13. The monoisotopic (exact) mass is 236 g/mol. The molecule has 0 radical (unpaired) electrons. The minimum atomic E-state index is -0.874. The average Bonchev–Trinajstić information content (AvgIpc) is 2.26. The van der Waals surface area contributed by atoms with Crippen LogP contribution in [0.5, 0.6) is 0 Å². The third-order valence-electron chi connectivity index (χ3n) is 2.17. The van der Waals surface area contributed by atoms with Gasteiger partial charge in [-0.25, -0.2) is 9.79 Å². The highest BCUT2D eigenvalue weighted by molar-refractivity contribution is 5.79. The predicted molar refractivity (Wildman–Crippen MR) is 67.2 cm³/mol. The third kappa shape index (κ3) is 4.02. The Morgan fingerprint density at radius 1 is 1.41 bits per heavy atom. The molecule has 0 saturated heterocycles. The summed E-state index contributed by atoms with van der Waals surface area (Å²) in [5, 5.41) is 11.8. The lowest BCUT2D eigenvalue weighted by Crippen LogP contribution is -2.28. The summed E-state index contributed by atoms with van der Waals surface area (Å²) in [6.45, 7) is 1.81. The molecule has 17 heavy (non-hydrogen) atoms. The largest absolute Gasteiger partial charge is 0.480 e. The summed E-state index contributed by atoms with van der Waals surface area (Å²) in [4.78, 5) is 14.7. The van der Waals surface area contributed by atoms with Crippen LogP contribution >= 0.6 is 0 Å². The van der Waals surface area contributed by atoms with Crippen molar-refractivity contribution in [2.24, 2.45) is 16.5 Å². The minimum absolute atomic E-state index is 0.0114. The van der Waals surface area contributed by atoms with Crippen molar-refractivity contribution < 1.29 is 9.90 Å². The summed E-state index contributed by atoms with van der Waals surface area (Å²) < 4.78 is 0. The number of carbonyl (C=O) groups is 1. The molecule has 0 amide bonds. The molecule has 6 heteroatoms. The number of aliphatic carboxylic acids is 1. The molecule has 0 saturated carbocycles. The number of carboxylic acid groups (broad SMARTS) is 1. The predicted octanol–water partition coefficient (Wildman–Crippen LogP) is 0.867. The van der Waals surface area contributed by atoms with Crippen LogP contribution in [-0.4, -0.2) is 23.1 Å². The normalized spacial score (nSPS) is 11.6. The van der Waals surface area contributed by atoms with Gasteiger partial charge < -0.3 is 21.9 Å². The fourth-order valence-electron chi connectivity index (χ4n) is 1.32. The number of rotatable bonds is 5. The standard InChI is InChI=1S/C11H16N4O2/c1-2-9(10(16)17)14-7-3-5-8(6-4-7)15-11(12)13/h3-6,9,14H,2H2,1H3,(H,16,17)(H4,12,13,15)/t9-/m1/s1. The van der Waals surface area contributed by atoms with Crippen molar-refractivity contribution in [2.45, 2.75) is 19.4 Å². The summed E-state index contributed by atoms with van der Waals surface area (Å²) in [5.41, 5.74) is 11.8. The number of hydrogen-bond acceptors (Lipinski definition) is 3. The van der Waals surface area contributed by atoms with Gasteiger partial charge in [-0.15, -0.1) is 0 Å². The Kier molecular flexibility index (Phi) is 4.33. The molecule has 6 nitrogen and oxygen atoms in total. The summed E-state index contributed by atoms with van der Waals surface area (Å²) in [5.74, 6) is -0.886. The van der Waals surface area contributed by atoms with E-state index in [0.29, 0.717) is 17.8 Å². The first-order chi connectivity index (χ1) is 8.02. The van der Waals surface area contributed by atoms with Crippen molar-refractivity contribution in [1.82, 2.24) is 0 Å². The van der Waals surface area contributed by atoms with E-state index < -0.39 is 12.0 Å². The number of carboxylic acids is 1. The van der Waals surface area contributed by atoms with Crippen molar-refractivity contribution in [2.75, 3.05) is 5.32 Å². The van der Waals surface area contributed by atoms with Crippen molar-refractivity contribution >= 4 is 23.3 Å². The molecule has 0 aliphatic carbocycles. The van der Waals surface area contributed by atoms with Gasteiger partial charge in [-0.1, -0.05) is 6.92 Å². The van der Waals surface area contributed by atoms with Gasteiger partial charge in [0.1, 0.15) is 6.04 Å². The van der Waals surface area contributed by atoms with Crippen molar-refractivity contribution in [3.05, 3.63) is 24.3 Å². The SMILES string of the molecule is CC[C@@H](Nc1ccc(N=C(N)N)cc1)C(=O)O. The van der Waals surface area contributed by atoms with E-state index in [1.54, 1.807) is 31.2 Å². The molecule has 92 valence electrons. The molecule has 0 fully saturated rings. The van der Waals surface area contributed by atoms with E-state index in [1.807, 2.05) is 0 Å². The fourth-order valence-corrected chi connectivity index (χ4v) is 1.32. The van der Waals surface area contributed by atoms with E-state index >= 15 is 0 Å². The Morgan fingerprint density at radius 2 is 2.00 bits per heavy atom.